The SMILES string of the molecule is CN=C(NC1CCN(C(=O)C(C)C)CC1)NC1C2CCOC2C1(C)C.I. The van der Waals surface area contributed by atoms with Crippen molar-refractivity contribution in [1.29, 1.82) is 0 Å². The van der Waals surface area contributed by atoms with Crippen LogP contribution in [0.3, 0.4) is 0 Å². The number of fused-ring (bicyclic) bond motifs is 1. The van der Waals surface area contributed by atoms with Crippen molar-refractivity contribution in [2.75, 3.05) is 26.7 Å². The summed E-state index contributed by atoms with van der Waals surface area (Å²) < 4.78 is 5.88. The molecule has 0 bridgehead atoms. The van der Waals surface area contributed by atoms with E-state index >= 15 is 0 Å². The molecule has 26 heavy (non-hydrogen) atoms. The zero-order valence-corrected chi connectivity index (χ0v) is 19.1. The maximum absolute atomic E-state index is 12.1. The third-order valence-corrected chi connectivity index (χ3v) is 6.26. The van der Waals surface area contributed by atoms with Crippen LogP contribution in [0.1, 0.15) is 47.0 Å². The Bertz CT molecular complexity index is 530. The summed E-state index contributed by atoms with van der Waals surface area (Å²) in [6, 6.07) is 0.787. The van der Waals surface area contributed by atoms with Gasteiger partial charge in [0.05, 0.1) is 6.10 Å². The normalized spacial score (nSPS) is 31.1. The van der Waals surface area contributed by atoms with E-state index in [2.05, 4.69) is 29.5 Å². The minimum Gasteiger partial charge on any atom is -0.377 e. The highest BCUT2D eigenvalue weighted by atomic mass is 127. The summed E-state index contributed by atoms with van der Waals surface area (Å²) in [7, 11) is 1.83. The molecule has 2 heterocycles. The molecule has 0 radical (unpaired) electrons. The van der Waals surface area contributed by atoms with Crippen molar-refractivity contribution in [3.8, 4) is 0 Å². The van der Waals surface area contributed by atoms with E-state index in [1.54, 1.807) is 0 Å². The smallest absolute Gasteiger partial charge is 0.225 e. The molecule has 3 unspecified atom stereocenters. The standard InChI is InChI=1S/C19H34N4O2.HI/c1-12(2)17(24)23-9-6-13(7-10-23)21-18(20-5)22-15-14-8-11-25-16(14)19(15,3)4;/h12-16H,6-11H2,1-5H3,(H2,20,21,22);1H. The maximum Gasteiger partial charge on any atom is 0.225 e. The second-order valence-electron chi connectivity index (χ2n) is 8.66. The van der Waals surface area contributed by atoms with Crippen LogP contribution in [0.4, 0.5) is 0 Å². The van der Waals surface area contributed by atoms with Crippen LogP contribution in [0.15, 0.2) is 4.99 Å². The van der Waals surface area contributed by atoms with Gasteiger partial charge in [-0.15, -0.1) is 24.0 Å². The average Bonchev–Trinajstić information content (AvgIpc) is 3.05. The van der Waals surface area contributed by atoms with Crippen LogP contribution in [0.5, 0.6) is 0 Å². The van der Waals surface area contributed by atoms with Crippen LogP contribution in [-0.2, 0) is 9.53 Å². The lowest BCUT2D eigenvalue weighted by Crippen LogP contribution is -2.68. The minimum atomic E-state index is 0. The van der Waals surface area contributed by atoms with Crippen molar-refractivity contribution in [3.05, 3.63) is 0 Å². The number of amides is 1. The summed E-state index contributed by atoms with van der Waals surface area (Å²) in [4.78, 5) is 18.5. The molecular formula is C19H35IN4O2. The Hall–Kier alpha value is -0.570. The number of hydrogen-bond acceptors (Lipinski definition) is 3. The van der Waals surface area contributed by atoms with Crippen molar-refractivity contribution in [2.24, 2.45) is 22.2 Å². The number of nitrogens with zero attached hydrogens (tertiary/aromatic N) is 2. The van der Waals surface area contributed by atoms with Gasteiger partial charge in [0.1, 0.15) is 0 Å². The van der Waals surface area contributed by atoms with E-state index in [9.17, 15) is 4.79 Å². The largest absolute Gasteiger partial charge is 0.377 e. The van der Waals surface area contributed by atoms with E-state index in [1.165, 1.54) is 0 Å². The molecule has 0 spiro atoms. The van der Waals surface area contributed by atoms with Gasteiger partial charge in [0, 0.05) is 56.1 Å². The fourth-order valence-electron chi connectivity index (χ4n) is 4.74. The van der Waals surface area contributed by atoms with E-state index in [0.29, 0.717) is 24.1 Å². The zero-order chi connectivity index (χ0) is 18.2. The number of guanidine groups is 1. The third-order valence-electron chi connectivity index (χ3n) is 6.26. The lowest BCUT2D eigenvalue weighted by Gasteiger charge is -2.55. The third kappa shape index (κ3) is 4.13. The second kappa shape index (κ2) is 8.63. The predicted molar refractivity (Wildman–Crippen MR) is 115 cm³/mol. The average molecular weight is 478 g/mol. The molecule has 1 amide bonds. The molecule has 3 rings (SSSR count). The second-order valence-corrected chi connectivity index (χ2v) is 8.66. The van der Waals surface area contributed by atoms with E-state index in [1.807, 2.05) is 25.8 Å². The van der Waals surface area contributed by atoms with Gasteiger partial charge in [-0.25, -0.2) is 0 Å². The van der Waals surface area contributed by atoms with Gasteiger partial charge >= 0.3 is 0 Å². The Morgan fingerprint density at radius 2 is 1.85 bits per heavy atom. The fourth-order valence-corrected chi connectivity index (χ4v) is 4.74. The van der Waals surface area contributed by atoms with Gasteiger partial charge in [-0.2, -0.15) is 0 Å². The quantitative estimate of drug-likeness (QED) is 0.371. The molecule has 0 aromatic carbocycles. The molecule has 6 nitrogen and oxygen atoms in total. The minimum absolute atomic E-state index is 0. The summed E-state index contributed by atoms with van der Waals surface area (Å²) >= 11 is 0. The first-order chi connectivity index (χ1) is 11.8. The summed E-state index contributed by atoms with van der Waals surface area (Å²) in [6.07, 6.45) is 3.47. The van der Waals surface area contributed by atoms with E-state index in [0.717, 1.165) is 44.9 Å². The lowest BCUT2D eigenvalue weighted by atomic mass is 9.57. The Balaban J connectivity index is 0.00000243. The number of nitrogens with one attached hydrogen (secondary N) is 2. The lowest BCUT2D eigenvalue weighted by molar-refractivity contribution is -0.135. The zero-order valence-electron chi connectivity index (χ0n) is 16.7. The van der Waals surface area contributed by atoms with Crippen LogP contribution < -0.4 is 10.6 Å². The van der Waals surface area contributed by atoms with E-state index < -0.39 is 0 Å². The van der Waals surface area contributed by atoms with Gasteiger partial charge in [0.15, 0.2) is 5.96 Å². The molecule has 0 aromatic heterocycles. The number of likely N-dealkylation sites (tertiary alicyclic amines) is 1. The Morgan fingerprint density at radius 1 is 1.19 bits per heavy atom. The number of ether oxygens (including phenoxy) is 1. The first-order valence-electron chi connectivity index (χ1n) is 9.74. The van der Waals surface area contributed by atoms with E-state index in [4.69, 9.17) is 4.74 Å². The Labute approximate surface area is 174 Å². The molecule has 0 aromatic rings. The fraction of sp³-hybridized carbons (Fsp3) is 0.895. The molecule has 3 aliphatic rings. The van der Waals surface area contributed by atoms with Gasteiger partial charge in [-0.05, 0) is 19.3 Å². The van der Waals surface area contributed by atoms with Crippen molar-refractivity contribution in [2.45, 2.75) is 65.1 Å². The molecule has 7 heteroatoms. The molecule has 1 aliphatic carbocycles. The number of hydrogen-bond donors (Lipinski definition) is 2. The summed E-state index contributed by atoms with van der Waals surface area (Å²) in [5.74, 6) is 1.84. The first-order valence-corrected chi connectivity index (χ1v) is 9.74. The summed E-state index contributed by atoms with van der Waals surface area (Å²) in [5, 5.41) is 7.21. The van der Waals surface area contributed by atoms with Gasteiger partial charge < -0.3 is 20.3 Å². The molecule has 3 fully saturated rings. The molecule has 2 N–H and O–H groups in total. The monoisotopic (exact) mass is 478 g/mol. The molecule has 2 saturated heterocycles. The number of carbonyl (C=O) groups excluding carboxylic acids is 1. The molecule has 1 saturated carbocycles. The van der Waals surface area contributed by atoms with Crippen molar-refractivity contribution in [3.63, 3.8) is 0 Å². The number of piperidine rings is 1. The van der Waals surface area contributed by atoms with Crippen molar-refractivity contribution < 1.29 is 9.53 Å². The number of rotatable bonds is 3. The summed E-state index contributed by atoms with van der Waals surface area (Å²) in [5.41, 5.74) is 0.145. The van der Waals surface area contributed by atoms with Crippen LogP contribution in [0.2, 0.25) is 0 Å². The van der Waals surface area contributed by atoms with Gasteiger partial charge in [0.2, 0.25) is 5.91 Å². The molecule has 3 atom stereocenters. The highest BCUT2D eigenvalue weighted by Gasteiger charge is 2.59. The predicted octanol–water partition coefficient (Wildman–Crippen LogP) is 2.23. The topological polar surface area (TPSA) is 66.0 Å². The Morgan fingerprint density at radius 3 is 2.42 bits per heavy atom. The van der Waals surface area contributed by atoms with Crippen LogP contribution in [0, 0.1) is 17.3 Å². The van der Waals surface area contributed by atoms with Crippen LogP contribution in [-0.4, -0.2) is 61.7 Å². The van der Waals surface area contributed by atoms with Gasteiger partial charge in [-0.3, -0.25) is 9.79 Å². The highest BCUT2D eigenvalue weighted by Crippen LogP contribution is 2.52. The highest BCUT2D eigenvalue weighted by molar-refractivity contribution is 14.0. The number of aliphatic imine (C=N–C) groups is 1. The van der Waals surface area contributed by atoms with Gasteiger partial charge in [-0.1, -0.05) is 27.7 Å². The van der Waals surface area contributed by atoms with Crippen molar-refractivity contribution in [1.82, 2.24) is 15.5 Å². The van der Waals surface area contributed by atoms with Crippen molar-refractivity contribution >= 4 is 35.8 Å². The number of halogens is 1. The first kappa shape index (κ1) is 21.7. The molecule has 2 aliphatic heterocycles. The number of carbonyl (C=O) groups is 1. The summed E-state index contributed by atoms with van der Waals surface area (Å²) in [6.45, 7) is 11.0. The van der Waals surface area contributed by atoms with Crippen LogP contribution in [0.25, 0.3) is 0 Å². The maximum atomic E-state index is 12.1. The van der Waals surface area contributed by atoms with E-state index in [-0.39, 0.29) is 41.2 Å². The van der Waals surface area contributed by atoms with Crippen LogP contribution >= 0.6 is 24.0 Å². The van der Waals surface area contributed by atoms with Gasteiger partial charge in [0.25, 0.3) is 0 Å². The molecule has 150 valence electrons. The Kier molecular flexibility index (Phi) is 7.21. The molecular weight excluding hydrogens is 443 g/mol.